The van der Waals surface area contributed by atoms with Gasteiger partial charge in [-0.3, -0.25) is 4.79 Å². The average Bonchev–Trinajstić information content (AvgIpc) is 3.00. The number of hydrogen-bond acceptors (Lipinski definition) is 6. The second-order valence-corrected chi connectivity index (χ2v) is 7.64. The van der Waals surface area contributed by atoms with Gasteiger partial charge in [0.25, 0.3) is 0 Å². The second kappa shape index (κ2) is 7.37. The van der Waals surface area contributed by atoms with Gasteiger partial charge in [-0.15, -0.1) is 0 Å². The molecule has 0 saturated heterocycles. The second-order valence-electron chi connectivity index (χ2n) is 5.92. The summed E-state index contributed by atoms with van der Waals surface area (Å²) in [5, 5.41) is 2.67. The number of aryl methyl sites for hydroxylation is 1. The van der Waals surface area contributed by atoms with Crippen molar-refractivity contribution in [3.05, 3.63) is 48.4 Å². The Labute approximate surface area is 156 Å². The number of carbonyl (C=O) groups excluding carboxylic acids is 1. The van der Waals surface area contributed by atoms with E-state index >= 15 is 0 Å². The largest absolute Gasteiger partial charge is 0.497 e. The van der Waals surface area contributed by atoms with Gasteiger partial charge in [0.1, 0.15) is 11.3 Å². The molecule has 1 aromatic heterocycles. The van der Waals surface area contributed by atoms with E-state index in [1.807, 2.05) is 0 Å². The van der Waals surface area contributed by atoms with Gasteiger partial charge in [0, 0.05) is 12.6 Å². The predicted molar refractivity (Wildman–Crippen MR) is 100 cm³/mol. The summed E-state index contributed by atoms with van der Waals surface area (Å²) < 4.78 is 37.6. The van der Waals surface area contributed by atoms with Gasteiger partial charge < -0.3 is 14.5 Å². The summed E-state index contributed by atoms with van der Waals surface area (Å²) in [6.45, 7) is 3.20. The van der Waals surface area contributed by atoms with E-state index in [2.05, 4.69) is 15.0 Å². The number of nitrogens with zero attached hydrogens (tertiary/aromatic N) is 1. The molecule has 1 atom stereocenters. The number of rotatable bonds is 6. The highest BCUT2D eigenvalue weighted by Gasteiger charge is 2.22. The topological polar surface area (TPSA) is 111 Å². The van der Waals surface area contributed by atoms with E-state index in [1.54, 1.807) is 25.1 Å². The number of fused-ring (bicyclic) bond motifs is 1. The van der Waals surface area contributed by atoms with Gasteiger partial charge >= 0.3 is 0 Å². The minimum Gasteiger partial charge on any atom is -0.497 e. The number of carbonyl (C=O) groups is 1. The highest BCUT2D eigenvalue weighted by molar-refractivity contribution is 7.89. The van der Waals surface area contributed by atoms with Gasteiger partial charge in [-0.1, -0.05) is 0 Å². The summed E-state index contributed by atoms with van der Waals surface area (Å²) in [7, 11) is -2.35. The highest BCUT2D eigenvalue weighted by Crippen LogP contribution is 2.20. The van der Waals surface area contributed by atoms with E-state index in [1.165, 1.54) is 38.3 Å². The van der Waals surface area contributed by atoms with Crippen LogP contribution in [0.15, 0.2) is 51.8 Å². The van der Waals surface area contributed by atoms with E-state index in [-0.39, 0.29) is 4.90 Å². The summed E-state index contributed by atoms with van der Waals surface area (Å²) in [5.41, 5.74) is 1.71. The number of oxazole rings is 1. The van der Waals surface area contributed by atoms with Crippen molar-refractivity contribution in [3.63, 3.8) is 0 Å². The van der Waals surface area contributed by atoms with Gasteiger partial charge in [0.05, 0.1) is 18.0 Å². The van der Waals surface area contributed by atoms with Crippen LogP contribution in [0, 0.1) is 6.92 Å². The average molecular weight is 389 g/mol. The molecule has 3 aromatic rings. The summed E-state index contributed by atoms with van der Waals surface area (Å²) in [4.78, 5) is 16.6. The first-order valence-electron chi connectivity index (χ1n) is 8.13. The van der Waals surface area contributed by atoms with Gasteiger partial charge in [-0.2, -0.15) is 4.72 Å². The number of nitrogens with one attached hydrogen (secondary N) is 2. The maximum absolute atomic E-state index is 12.4. The normalized spacial score (nSPS) is 12.7. The van der Waals surface area contributed by atoms with Crippen LogP contribution in [0.25, 0.3) is 11.1 Å². The summed E-state index contributed by atoms with van der Waals surface area (Å²) in [6, 6.07) is 9.93. The first-order valence-corrected chi connectivity index (χ1v) is 9.61. The molecule has 8 nitrogen and oxygen atoms in total. The van der Waals surface area contributed by atoms with Crippen LogP contribution in [0.1, 0.15) is 12.8 Å². The van der Waals surface area contributed by atoms with Crippen LogP contribution < -0.4 is 14.8 Å². The Morgan fingerprint density at radius 2 is 1.89 bits per heavy atom. The zero-order valence-corrected chi connectivity index (χ0v) is 15.8. The monoisotopic (exact) mass is 389 g/mol. The molecule has 2 aromatic carbocycles. The molecule has 0 radical (unpaired) electrons. The van der Waals surface area contributed by atoms with Crippen molar-refractivity contribution < 1.29 is 22.4 Å². The molecule has 27 heavy (non-hydrogen) atoms. The predicted octanol–water partition coefficient (Wildman–Crippen LogP) is 2.45. The lowest BCUT2D eigenvalue weighted by molar-refractivity contribution is -0.117. The Kier molecular flexibility index (Phi) is 5.15. The summed E-state index contributed by atoms with van der Waals surface area (Å²) >= 11 is 0. The molecule has 1 heterocycles. The molecular weight excluding hydrogens is 370 g/mol. The molecule has 3 rings (SSSR count). The van der Waals surface area contributed by atoms with Crippen molar-refractivity contribution in [1.29, 1.82) is 0 Å². The van der Waals surface area contributed by atoms with Crippen LogP contribution in [0.4, 0.5) is 5.69 Å². The Balaban J connectivity index is 1.69. The fourth-order valence-corrected chi connectivity index (χ4v) is 3.68. The molecule has 0 spiro atoms. The fraction of sp³-hybridized carbons (Fsp3) is 0.222. The van der Waals surface area contributed by atoms with Crippen LogP contribution in [0.5, 0.6) is 5.75 Å². The number of benzene rings is 2. The zero-order valence-electron chi connectivity index (χ0n) is 15.0. The fourth-order valence-electron chi connectivity index (χ4n) is 2.48. The summed E-state index contributed by atoms with van der Waals surface area (Å²) in [5.74, 6) is 0.568. The zero-order chi connectivity index (χ0) is 19.6. The molecule has 0 fully saturated rings. The van der Waals surface area contributed by atoms with E-state index in [0.29, 0.717) is 28.4 Å². The molecule has 0 aliphatic carbocycles. The quantitative estimate of drug-likeness (QED) is 0.670. The standard InChI is InChI=1S/C18H19N3O5S/c1-11(21-27(23,24)15-7-5-14(25-3)6-8-15)18(22)20-13-4-9-17-16(10-13)19-12(2)26-17/h4-11,21H,1-3H3,(H,20,22)/t11-/m0/s1. The van der Waals surface area contributed by atoms with Crippen molar-refractivity contribution >= 4 is 32.7 Å². The molecule has 1 amide bonds. The number of aromatic nitrogens is 1. The van der Waals surface area contributed by atoms with Crippen LogP contribution in [0.2, 0.25) is 0 Å². The van der Waals surface area contributed by atoms with E-state index in [9.17, 15) is 13.2 Å². The first-order chi connectivity index (χ1) is 12.8. The van der Waals surface area contributed by atoms with Crippen molar-refractivity contribution in [1.82, 2.24) is 9.71 Å². The van der Waals surface area contributed by atoms with Crippen LogP contribution in [0.3, 0.4) is 0 Å². The highest BCUT2D eigenvalue weighted by atomic mass is 32.2. The Morgan fingerprint density at radius 3 is 2.56 bits per heavy atom. The van der Waals surface area contributed by atoms with Gasteiger partial charge in [0.15, 0.2) is 11.5 Å². The van der Waals surface area contributed by atoms with Gasteiger partial charge in [-0.25, -0.2) is 13.4 Å². The van der Waals surface area contributed by atoms with Crippen molar-refractivity contribution in [2.24, 2.45) is 0 Å². The van der Waals surface area contributed by atoms with Gasteiger partial charge in [0.2, 0.25) is 15.9 Å². The Morgan fingerprint density at radius 1 is 1.19 bits per heavy atom. The smallest absolute Gasteiger partial charge is 0.242 e. The number of anilines is 1. The van der Waals surface area contributed by atoms with E-state index in [4.69, 9.17) is 9.15 Å². The third-order valence-electron chi connectivity index (χ3n) is 3.86. The third-order valence-corrected chi connectivity index (χ3v) is 5.41. The molecule has 2 N–H and O–H groups in total. The lowest BCUT2D eigenvalue weighted by atomic mass is 10.2. The van der Waals surface area contributed by atoms with Crippen molar-refractivity contribution in [2.75, 3.05) is 12.4 Å². The minimum absolute atomic E-state index is 0.0439. The minimum atomic E-state index is -3.85. The van der Waals surface area contributed by atoms with Crippen LogP contribution >= 0.6 is 0 Å². The molecule has 0 aliphatic heterocycles. The maximum atomic E-state index is 12.4. The molecule has 142 valence electrons. The van der Waals surface area contributed by atoms with Crippen LogP contribution in [-0.2, 0) is 14.8 Å². The number of methoxy groups -OCH3 is 1. The first kappa shape index (κ1) is 18.9. The van der Waals surface area contributed by atoms with Crippen molar-refractivity contribution in [2.45, 2.75) is 24.8 Å². The summed E-state index contributed by atoms with van der Waals surface area (Å²) in [6.07, 6.45) is 0. The van der Waals surface area contributed by atoms with Crippen LogP contribution in [-0.4, -0.2) is 32.5 Å². The number of amides is 1. The number of sulfonamides is 1. The molecular formula is C18H19N3O5S. The molecule has 0 unspecified atom stereocenters. The molecule has 0 aliphatic rings. The Bertz CT molecular complexity index is 1070. The molecule has 9 heteroatoms. The van der Waals surface area contributed by atoms with E-state index < -0.39 is 22.0 Å². The van der Waals surface area contributed by atoms with Crippen molar-refractivity contribution in [3.8, 4) is 5.75 Å². The SMILES string of the molecule is COc1ccc(S(=O)(=O)N[C@@H](C)C(=O)Nc2ccc3oc(C)nc3c2)cc1. The van der Waals surface area contributed by atoms with E-state index in [0.717, 1.165) is 0 Å². The number of ether oxygens (including phenoxy) is 1. The lowest BCUT2D eigenvalue weighted by Crippen LogP contribution is -2.41. The third kappa shape index (κ3) is 4.26. The molecule has 0 bridgehead atoms. The number of hydrogen-bond donors (Lipinski definition) is 2. The van der Waals surface area contributed by atoms with Gasteiger partial charge in [-0.05, 0) is 49.4 Å². The Hall–Kier alpha value is -2.91. The maximum Gasteiger partial charge on any atom is 0.242 e. The lowest BCUT2D eigenvalue weighted by Gasteiger charge is -2.14. The molecule has 0 saturated carbocycles.